The van der Waals surface area contributed by atoms with Crippen LogP contribution in [0.2, 0.25) is 5.02 Å². The third-order valence-electron chi connectivity index (χ3n) is 5.92. The van der Waals surface area contributed by atoms with Gasteiger partial charge in [0.25, 0.3) is 0 Å². The first-order chi connectivity index (χ1) is 15.4. The lowest BCUT2D eigenvalue weighted by Crippen LogP contribution is -2.40. The van der Waals surface area contributed by atoms with Crippen molar-refractivity contribution in [1.29, 1.82) is 5.41 Å². The molecule has 0 fully saturated rings. The van der Waals surface area contributed by atoms with Gasteiger partial charge in [0.1, 0.15) is 17.6 Å². The zero-order chi connectivity index (χ0) is 24.5. The predicted octanol–water partition coefficient (Wildman–Crippen LogP) is 4.93. The van der Waals surface area contributed by atoms with E-state index in [9.17, 15) is 14.3 Å². The van der Waals surface area contributed by atoms with Gasteiger partial charge in [-0.15, -0.1) is 0 Å². The Balaban J connectivity index is 1.96. The molecule has 0 saturated carbocycles. The maximum Gasteiger partial charge on any atom is 0.411 e. The highest BCUT2D eigenvalue weighted by Crippen LogP contribution is 2.46. The predicted molar refractivity (Wildman–Crippen MR) is 127 cm³/mol. The van der Waals surface area contributed by atoms with Crippen LogP contribution in [0.1, 0.15) is 48.4 Å². The summed E-state index contributed by atoms with van der Waals surface area (Å²) in [4.78, 5) is 11.9. The molecule has 0 spiro atoms. The van der Waals surface area contributed by atoms with Gasteiger partial charge in [0, 0.05) is 17.9 Å². The molecule has 1 aliphatic heterocycles. The van der Waals surface area contributed by atoms with Crippen molar-refractivity contribution in [3.8, 4) is 5.75 Å². The van der Waals surface area contributed by atoms with Crippen molar-refractivity contribution in [1.82, 2.24) is 4.72 Å². The second-order valence-corrected chi connectivity index (χ2v) is 9.58. The summed E-state index contributed by atoms with van der Waals surface area (Å²) in [5, 5.41) is 19.4. The summed E-state index contributed by atoms with van der Waals surface area (Å²) >= 11 is 7.44. The number of aryl methyl sites for hydroxylation is 1. The maximum atomic E-state index is 14.8. The molecule has 10 heteroatoms. The molecule has 1 aliphatic rings. The van der Waals surface area contributed by atoms with Crippen molar-refractivity contribution >= 4 is 35.5 Å². The van der Waals surface area contributed by atoms with Gasteiger partial charge in [0.15, 0.2) is 0 Å². The highest BCUT2D eigenvalue weighted by atomic mass is 35.5. The highest BCUT2D eigenvalue weighted by molar-refractivity contribution is 7.97. The lowest BCUT2D eigenvalue weighted by molar-refractivity contribution is 0.0136. The van der Waals surface area contributed by atoms with Gasteiger partial charge < -0.3 is 20.3 Å². The molecule has 3 rings (SSSR count). The van der Waals surface area contributed by atoms with E-state index in [-0.39, 0.29) is 0 Å². The maximum absolute atomic E-state index is 14.8. The molecule has 178 valence electrons. The third kappa shape index (κ3) is 5.27. The summed E-state index contributed by atoms with van der Waals surface area (Å²) < 4.78 is 28.5. The number of rotatable bonds is 6. The van der Waals surface area contributed by atoms with E-state index < -0.39 is 35.4 Å². The van der Waals surface area contributed by atoms with Crippen molar-refractivity contribution in [3.63, 3.8) is 0 Å². The fourth-order valence-corrected chi connectivity index (χ4v) is 5.26. The Morgan fingerprint density at radius 2 is 2.09 bits per heavy atom. The fourth-order valence-electron chi connectivity index (χ4n) is 3.95. The molecule has 3 atom stereocenters. The number of carbonyl (C=O) groups excluding carboxylic acids is 1. The quantitative estimate of drug-likeness (QED) is 0.256. The monoisotopic (exact) mass is 495 g/mol. The first-order valence-electron chi connectivity index (χ1n) is 10.4. The standard InChI is InChI=1S/C23H27ClFN3O4S/c1-11-5-7-15(25)17(12(11)2)13(3)19(21(26)32-22(27)29)28-33-16-8-6-14(24)18-20(16)31-10-9-23(18,4)30/h5-8,13,19,26,28,30H,9-10H2,1-4H3,(H2,27,29). The van der Waals surface area contributed by atoms with Crippen LogP contribution in [0.3, 0.4) is 0 Å². The minimum atomic E-state index is -1.16. The topological polar surface area (TPSA) is 118 Å². The molecule has 0 saturated heterocycles. The second-order valence-electron chi connectivity index (χ2n) is 8.30. The van der Waals surface area contributed by atoms with Crippen molar-refractivity contribution < 1.29 is 23.8 Å². The molecule has 1 amide bonds. The Bertz CT molecular complexity index is 1100. The van der Waals surface area contributed by atoms with E-state index in [2.05, 4.69) is 4.72 Å². The lowest BCUT2D eigenvalue weighted by atomic mass is 9.88. The molecule has 0 bridgehead atoms. The van der Waals surface area contributed by atoms with Crippen molar-refractivity contribution in [2.24, 2.45) is 5.73 Å². The Morgan fingerprint density at radius 1 is 1.39 bits per heavy atom. The van der Waals surface area contributed by atoms with Gasteiger partial charge >= 0.3 is 6.09 Å². The average molecular weight is 496 g/mol. The number of nitrogens with two attached hydrogens (primary N) is 1. The average Bonchev–Trinajstić information content (AvgIpc) is 2.71. The van der Waals surface area contributed by atoms with E-state index in [1.54, 1.807) is 39.0 Å². The van der Waals surface area contributed by atoms with Crippen molar-refractivity contribution in [2.75, 3.05) is 6.61 Å². The molecular formula is C23H27ClFN3O4S. The number of fused-ring (bicyclic) bond motifs is 1. The Hall–Kier alpha value is -2.33. The van der Waals surface area contributed by atoms with Crippen LogP contribution in [-0.4, -0.2) is 29.7 Å². The first-order valence-corrected chi connectivity index (χ1v) is 11.5. The first kappa shape index (κ1) is 25.3. The Labute approximate surface area is 201 Å². The normalized spacial score (nSPS) is 19.2. The number of benzene rings is 2. The van der Waals surface area contributed by atoms with Crippen LogP contribution < -0.4 is 15.2 Å². The molecule has 0 radical (unpaired) electrons. The highest BCUT2D eigenvalue weighted by Gasteiger charge is 2.36. The van der Waals surface area contributed by atoms with Crippen molar-refractivity contribution in [3.05, 3.63) is 57.4 Å². The summed E-state index contributed by atoms with van der Waals surface area (Å²) in [6, 6.07) is 5.53. The molecule has 3 unspecified atom stereocenters. The van der Waals surface area contributed by atoms with Crippen LogP contribution in [0.25, 0.3) is 0 Å². The zero-order valence-corrected chi connectivity index (χ0v) is 20.4. The number of carbonyl (C=O) groups is 1. The summed E-state index contributed by atoms with van der Waals surface area (Å²) in [5.41, 5.74) is 6.50. The number of ether oxygens (including phenoxy) is 2. The third-order valence-corrected chi connectivity index (χ3v) is 7.15. The summed E-state index contributed by atoms with van der Waals surface area (Å²) in [6.45, 7) is 7.39. The second kappa shape index (κ2) is 9.89. The lowest BCUT2D eigenvalue weighted by Gasteiger charge is -2.33. The molecule has 0 aromatic heterocycles. The van der Waals surface area contributed by atoms with Gasteiger partial charge in [0.2, 0.25) is 5.90 Å². The van der Waals surface area contributed by atoms with Crippen LogP contribution in [0.4, 0.5) is 9.18 Å². The van der Waals surface area contributed by atoms with E-state index in [0.29, 0.717) is 39.8 Å². The number of hydrogen-bond donors (Lipinski definition) is 4. The van der Waals surface area contributed by atoms with Gasteiger partial charge in [-0.1, -0.05) is 24.6 Å². The molecule has 1 heterocycles. The Morgan fingerprint density at radius 3 is 2.76 bits per heavy atom. The summed E-state index contributed by atoms with van der Waals surface area (Å²) in [7, 11) is 0. The fraction of sp³-hybridized carbons (Fsp3) is 0.391. The molecule has 7 nitrogen and oxygen atoms in total. The van der Waals surface area contributed by atoms with Crippen LogP contribution in [0, 0.1) is 25.1 Å². The number of hydrogen-bond acceptors (Lipinski definition) is 7. The summed E-state index contributed by atoms with van der Waals surface area (Å²) in [5.74, 6) is -1.02. The minimum absolute atomic E-state index is 0.308. The SMILES string of the molecule is Cc1ccc(F)c(C(C)C(NSc2ccc(Cl)c3c2OCCC3(C)O)C(=N)OC(N)=O)c1C. The molecule has 5 N–H and O–H groups in total. The van der Waals surface area contributed by atoms with Gasteiger partial charge in [0.05, 0.1) is 22.1 Å². The zero-order valence-electron chi connectivity index (χ0n) is 18.8. The largest absolute Gasteiger partial charge is 0.492 e. The molecule has 0 aliphatic carbocycles. The van der Waals surface area contributed by atoms with E-state index in [0.717, 1.165) is 23.1 Å². The van der Waals surface area contributed by atoms with Gasteiger partial charge in [-0.25, -0.2) is 13.9 Å². The Kier molecular flexibility index (Phi) is 7.58. The summed E-state index contributed by atoms with van der Waals surface area (Å²) in [6.07, 6.45) is -0.738. The van der Waals surface area contributed by atoms with Crippen LogP contribution in [0.15, 0.2) is 29.2 Å². The van der Waals surface area contributed by atoms with Gasteiger partial charge in [-0.2, -0.15) is 0 Å². The van der Waals surface area contributed by atoms with Gasteiger partial charge in [-0.05, 0) is 67.6 Å². The van der Waals surface area contributed by atoms with E-state index in [1.165, 1.54) is 6.07 Å². The smallest absolute Gasteiger partial charge is 0.411 e. The van der Waals surface area contributed by atoms with Gasteiger partial charge in [-0.3, -0.25) is 5.41 Å². The van der Waals surface area contributed by atoms with E-state index in [1.807, 2.05) is 6.92 Å². The molecule has 2 aromatic rings. The number of primary amides is 1. The van der Waals surface area contributed by atoms with E-state index in [4.69, 9.17) is 32.2 Å². The molecule has 2 aromatic carbocycles. The molecular weight excluding hydrogens is 469 g/mol. The van der Waals surface area contributed by atoms with Crippen LogP contribution in [0.5, 0.6) is 5.75 Å². The molecule has 33 heavy (non-hydrogen) atoms. The number of halogens is 2. The number of amides is 1. The number of aliphatic hydroxyl groups is 1. The van der Waals surface area contributed by atoms with E-state index >= 15 is 0 Å². The van der Waals surface area contributed by atoms with Crippen molar-refractivity contribution in [2.45, 2.75) is 56.6 Å². The minimum Gasteiger partial charge on any atom is -0.492 e. The van der Waals surface area contributed by atoms with Crippen LogP contribution >= 0.6 is 23.5 Å². The van der Waals surface area contributed by atoms with Crippen LogP contribution in [-0.2, 0) is 10.3 Å². The number of nitrogens with one attached hydrogen (secondary N) is 2.